The number of benzene rings is 1. The molecule has 1 aromatic carbocycles. The molecule has 1 aromatic rings. The van der Waals surface area contributed by atoms with Crippen molar-refractivity contribution in [3.05, 3.63) is 35.4 Å². The van der Waals surface area contributed by atoms with Crippen molar-refractivity contribution < 1.29 is 9.59 Å². The van der Waals surface area contributed by atoms with Gasteiger partial charge in [-0.25, -0.2) is 0 Å². The Labute approximate surface area is 120 Å². The van der Waals surface area contributed by atoms with E-state index in [-0.39, 0.29) is 11.8 Å². The van der Waals surface area contributed by atoms with Crippen LogP contribution in [-0.2, 0) is 11.3 Å². The fourth-order valence-electron chi connectivity index (χ4n) is 1.98. The van der Waals surface area contributed by atoms with E-state index in [0.29, 0.717) is 18.5 Å². The van der Waals surface area contributed by atoms with Crippen LogP contribution < -0.4 is 11.1 Å². The predicted molar refractivity (Wildman–Crippen MR) is 79.2 cm³/mol. The molecule has 0 unspecified atom stereocenters. The van der Waals surface area contributed by atoms with Crippen LogP contribution in [0.1, 0.15) is 35.7 Å². The van der Waals surface area contributed by atoms with Gasteiger partial charge in [0.2, 0.25) is 5.91 Å². The molecule has 0 aliphatic carbocycles. The van der Waals surface area contributed by atoms with Crippen molar-refractivity contribution in [2.24, 2.45) is 5.73 Å². The topological polar surface area (TPSA) is 75.4 Å². The Morgan fingerprint density at radius 3 is 2.40 bits per heavy atom. The van der Waals surface area contributed by atoms with E-state index in [1.54, 1.807) is 31.1 Å². The molecule has 0 aromatic heterocycles. The number of hydrogen-bond acceptors (Lipinski definition) is 3. The van der Waals surface area contributed by atoms with E-state index in [2.05, 4.69) is 5.32 Å². The van der Waals surface area contributed by atoms with Gasteiger partial charge in [-0.05, 0) is 24.1 Å². The molecular weight excluding hydrogens is 254 g/mol. The fourth-order valence-corrected chi connectivity index (χ4v) is 1.98. The van der Waals surface area contributed by atoms with E-state index in [0.717, 1.165) is 12.0 Å². The Morgan fingerprint density at radius 2 is 1.90 bits per heavy atom. The molecule has 0 fully saturated rings. The molecule has 0 radical (unpaired) electrons. The lowest BCUT2D eigenvalue weighted by molar-refractivity contribution is -0.132. The molecule has 0 aliphatic rings. The summed E-state index contributed by atoms with van der Waals surface area (Å²) >= 11 is 0. The number of nitrogens with zero attached hydrogens (tertiary/aromatic N) is 1. The molecule has 0 spiro atoms. The highest BCUT2D eigenvalue weighted by molar-refractivity contribution is 5.93. The molecule has 2 amide bonds. The minimum absolute atomic E-state index is 0.0535. The van der Waals surface area contributed by atoms with Crippen LogP contribution in [0, 0.1) is 0 Å². The summed E-state index contributed by atoms with van der Waals surface area (Å²) in [6, 6.07) is 6.76. The summed E-state index contributed by atoms with van der Waals surface area (Å²) in [4.78, 5) is 25.0. The lowest BCUT2D eigenvalue weighted by atomic mass is 10.1. The number of amides is 2. The summed E-state index contributed by atoms with van der Waals surface area (Å²) in [7, 11) is 3.34. The van der Waals surface area contributed by atoms with Crippen LogP contribution in [0.2, 0.25) is 0 Å². The van der Waals surface area contributed by atoms with Gasteiger partial charge in [0, 0.05) is 26.2 Å². The van der Waals surface area contributed by atoms with Crippen LogP contribution in [0.3, 0.4) is 0 Å². The SMILES string of the molecule is CCC[C@H](N)C(=O)N(C)Cc1ccc(C(=O)NC)cc1. The Kier molecular flexibility index (Phi) is 6.18. The third-order valence-corrected chi connectivity index (χ3v) is 3.16. The fraction of sp³-hybridized carbons (Fsp3) is 0.467. The maximum absolute atomic E-state index is 12.0. The van der Waals surface area contributed by atoms with Gasteiger partial charge < -0.3 is 16.0 Å². The van der Waals surface area contributed by atoms with Gasteiger partial charge in [0.25, 0.3) is 5.91 Å². The monoisotopic (exact) mass is 277 g/mol. The third-order valence-electron chi connectivity index (χ3n) is 3.16. The summed E-state index contributed by atoms with van der Waals surface area (Å²) in [6.45, 7) is 2.49. The molecule has 20 heavy (non-hydrogen) atoms. The van der Waals surface area contributed by atoms with Crippen molar-refractivity contribution in [2.75, 3.05) is 14.1 Å². The third kappa shape index (κ3) is 4.35. The van der Waals surface area contributed by atoms with E-state index < -0.39 is 6.04 Å². The molecular formula is C15H23N3O2. The molecule has 1 atom stereocenters. The summed E-state index contributed by atoms with van der Waals surface area (Å²) < 4.78 is 0. The average molecular weight is 277 g/mol. The summed E-state index contributed by atoms with van der Waals surface area (Å²) in [6.07, 6.45) is 1.58. The molecule has 1 rings (SSSR count). The van der Waals surface area contributed by atoms with Crippen molar-refractivity contribution in [3.8, 4) is 0 Å². The van der Waals surface area contributed by atoms with Gasteiger partial charge in [-0.3, -0.25) is 9.59 Å². The first-order chi connectivity index (χ1) is 9.49. The van der Waals surface area contributed by atoms with Gasteiger partial charge in [0.15, 0.2) is 0 Å². The second-order valence-electron chi connectivity index (χ2n) is 4.87. The standard InChI is InChI=1S/C15H23N3O2/c1-4-5-13(16)15(20)18(3)10-11-6-8-12(9-7-11)14(19)17-2/h6-9,13H,4-5,10,16H2,1-3H3,(H,17,19)/t13-/m0/s1. The van der Waals surface area contributed by atoms with Gasteiger partial charge in [0.05, 0.1) is 6.04 Å². The molecule has 3 N–H and O–H groups in total. The second kappa shape index (κ2) is 7.65. The number of nitrogens with one attached hydrogen (secondary N) is 1. The lowest BCUT2D eigenvalue weighted by Gasteiger charge is -2.21. The number of carbonyl (C=O) groups excluding carboxylic acids is 2. The predicted octanol–water partition coefficient (Wildman–Crippen LogP) is 1.13. The maximum atomic E-state index is 12.0. The highest BCUT2D eigenvalue weighted by atomic mass is 16.2. The molecule has 0 saturated heterocycles. The van der Waals surface area contributed by atoms with Crippen molar-refractivity contribution in [1.82, 2.24) is 10.2 Å². The smallest absolute Gasteiger partial charge is 0.251 e. The minimum atomic E-state index is -0.435. The van der Waals surface area contributed by atoms with Gasteiger partial charge in [-0.1, -0.05) is 25.5 Å². The Hall–Kier alpha value is -1.88. The first-order valence-corrected chi connectivity index (χ1v) is 6.81. The largest absolute Gasteiger partial charge is 0.355 e. The number of carbonyl (C=O) groups is 2. The molecule has 5 heteroatoms. The van der Waals surface area contributed by atoms with E-state index in [9.17, 15) is 9.59 Å². The summed E-state index contributed by atoms with van der Waals surface area (Å²) in [5.41, 5.74) is 7.39. The normalized spacial score (nSPS) is 11.8. The van der Waals surface area contributed by atoms with E-state index in [4.69, 9.17) is 5.73 Å². The van der Waals surface area contributed by atoms with Crippen LogP contribution >= 0.6 is 0 Å². The van der Waals surface area contributed by atoms with Gasteiger partial charge in [-0.2, -0.15) is 0 Å². The highest BCUT2D eigenvalue weighted by Crippen LogP contribution is 2.08. The van der Waals surface area contributed by atoms with Crippen molar-refractivity contribution in [2.45, 2.75) is 32.4 Å². The number of nitrogens with two attached hydrogens (primary N) is 1. The zero-order chi connectivity index (χ0) is 15.1. The average Bonchev–Trinajstić information content (AvgIpc) is 2.46. The zero-order valence-corrected chi connectivity index (χ0v) is 12.3. The quantitative estimate of drug-likeness (QED) is 0.818. The lowest BCUT2D eigenvalue weighted by Crippen LogP contribution is -2.41. The van der Waals surface area contributed by atoms with E-state index >= 15 is 0 Å². The highest BCUT2D eigenvalue weighted by Gasteiger charge is 2.17. The van der Waals surface area contributed by atoms with Crippen molar-refractivity contribution in [1.29, 1.82) is 0 Å². The number of likely N-dealkylation sites (N-methyl/N-ethyl adjacent to an activating group) is 1. The van der Waals surface area contributed by atoms with Gasteiger partial charge >= 0.3 is 0 Å². The number of rotatable bonds is 6. The molecule has 0 aliphatic heterocycles. The molecule has 0 heterocycles. The second-order valence-corrected chi connectivity index (χ2v) is 4.87. The van der Waals surface area contributed by atoms with Crippen molar-refractivity contribution in [3.63, 3.8) is 0 Å². The van der Waals surface area contributed by atoms with Crippen molar-refractivity contribution >= 4 is 11.8 Å². The van der Waals surface area contributed by atoms with Crippen LogP contribution in [-0.4, -0.2) is 36.9 Å². The van der Waals surface area contributed by atoms with Crippen LogP contribution in [0.15, 0.2) is 24.3 Å². The Balaban J connectivity index is 2.64. The first-order valence-electron chi connectivity index (χ1n) is 6.81. The summed E-state index contributed by atoms with van der Waals surface area (Å²) in [5.74, 6) is -0.173. The Bertz CT molecular complexity index is 457. The molecule has 0 saturated carbocycles. The first kappa shape index (κ1) is 16.2. The van der Waals surface area contributed by atoms with E-state index in [1.807, 2.05) is 19.1 Å². The number of hydrogen-bond donors (Lipinski definition) is 2. The molecule has 5 nitrogen and oxygen atoms in total. The van der Waals surface area contributed by atoms with E-state index in [1.165, 1.54) is 0 Å². The van der Waals surface area contributed by atoms with Crippen LogP contribution in [0.4, 0.5) is 0 Å². The summed E-state index contributed by atoms with van der Waals surface area (Å²) in [5, 5.41) is 2.57. The minimum Gasteiger partial charge on any atom is -0.355 e. The van der Waals surface area contributed by atoms with Crippen LogP contribution in [0.5, 0.6) is 0 Å². The van der Waals surface area contributed by atoms with Gasteiger partial charge in [-0.15, -0.1) is 0 Å². The Morgan fingerprint density at radius 1 is 1.30 bits per heavy atom. The maximum Gasteiger partial charge on any atom is 0.251 e. The molecule has 110 valence electrons. The zero-order valence-electron chi connectivity index (χ0n) is 12.3. The van der Waals surface area contributed by atoms with Crippen LogP contribution in [0.25, 0.3) is 0 Å². The van der Waals surface area contributed by atoms with Gasteiger partial charge in [0.1, 0.15) is 0 Å². The molecule has 0 bridgehead atoms.